The van der Waals surface area contributed by atoms with E-state index < -0.39 is 45.3 Å². The second-order valence-corrected chi connectivity index (χ2v) is 19.4. The second-order valence-electron chi connectivity index (χ2n) is 18.1. The van der Waals surface area contributed by atoms with Crippen molar-refractivity contribution in [2.24, 2.45) is 21.7 Å². The van der Waals surface area contributed by atoms with Gasteiger partial charge < -0.3 is 85.4 Å². The summed E-state index contributed by atoms with van der Waals surface area (Å²) in [6.45, 7) is 20.3. The van der Waals surface area contributed by atoms with E-state index in [9.17, 15) is 24.0 Å². The monoisotopic (exact) mass is 1390 g/mol. The van der Waals surface area contributed by atoms with Gasteiger partial charge in [-0.3, -0.25) is 4.79 Å². The van der Waals surface area contributed by atoms with Gasteiger partial charge in [0.05, 0.1) is 12.7 Å². The molecule has 1 saturated heterocycles. The van der Waals surface area contributed by atoms with Crippen molar-refractivity contribution in [2.45, 2.75) is 92.1 Å². The SMILES string of the molecule is C.C1CCOC1.CC#N.[CH2-]C1(C([NH-])=O)Cc2ccc(C(C)=O)cc2C1.[CH2-]C1(C([NH-])=O)Cc2ccc(CO)cc2C1.[CH2-]C1(C([NH-])=O)Cc2ccc(I)cc2C1.[CH2-]C1(C([NH-])=O)Cc2ccc(N)cc2C1.[Y].[Y].[Y].[Y]. The summed E-state index contributed by atoms with van der Waals surface area (Å²) < 4.78 is 6.11. The molecule has 4 unspecified atom stereocenters. The molecule has 0 saturated carbocycles. The van der Waals surface area contributed by atoms with Crippen LogP contribution in [-0.4, -0.2) is 47.7 Å². The number of amides is 4. The summed E-state index contributed by atoms with van der Waals surface area (Å²) in [5, 5.41) is 16.3. The van der Waals surface area contributed by atoms with Gasteiger partial charge in [-0.2, -0.15) is 5.26 Å². The summed E-state index contributed by atoms with van der Waals surface area (Å²) in [6, 6.07) is 24.6. The van der Waals surface area contributed by atoms with Crippen molar-refractivity contribution in [3.63, 3.8) is 0 Å². The number of ketones is 1. The first-order chi connectivity index (χ1) is 31.4. The van der Waals surface area contributed by atoms with E-state index in [-0.39, 0.29) is 151 Å². The summed E-state index contributed by atoms with van der Waals surface area (Å²) in [5.41, 5.74) is 42.1. The topological polar surface area (TPSA) is 260 Å². The number of anilines is 1. The van der Waals surface area contributed by atoms with Crippen LogP contribution in [0.2, 0.25) is 0 Å². The van der Waals surface area contributed by atoms with Gasteiger partial charge in [0.25, 0.3) is 0 Å². The Hall–Kier alpha value is -1.21. The van der Waals surface area contributed by atoms with Crippen LogP contribution in [0.1, 0.15) is 94.5 Å². The van der Waals surface area contributed by atoms with Gasteiger partial charge in [0, 0.05) is 189 Å². The molecule has 5 aliphatic rings. The predicted molar refractivity (Wildman–Crippen MR) is 275 cm³/mol. The fourth-order valence-corrected chi connectivity index (χ4v) is 9.09. The maximum Gasteiger partial charge on any atom is 0.159 e. The molecule has 4 aromatic carbocycles. The number of rotatable bonds is 6. The number of ether oxygens (including phenoxy) is 1. The van der Waals surface area contributed by atoms with Crippen LogP contribution >= 0.6 is 22.6 Å². The minimum atomic E-state index is -0.849. The zero-order valence-corrected chi connectivity index (χ0v) is 54.1. The van der Waals surface area contributed by atoms with E-state index in [0.717, 1.165) is 52.2 Å². The van der Waals surface area contributed by atoms with Gasteiger partial charge in [0.2, 0.25) is 0 Å². The van der Waals surface area contributed by atoms with Gasteiger partial charge >= 0.3 is 0 Å². The Labute approximate surface area is 541 Å². The van der Waals surface area contributed by atoms with Crippen molar-refractivity contribution < 1.29 is 165 Å². The maximum atomic E-state index is 11.2. The minimum Gasteiger partial charge on any atom is -0.670 e. The molecule has 13 nitrogen and oxygen atoms in total. The van der Waals surface area contributed by atoms with E-state index in [2.05, 4.69) is 56.4 Å². The van der Waals surface area contributed by atoms with Crippen molar-refractivity contribution in [2.75, 3.05) is 18.9 Å². The largest absolute Gasteiger partial charge is 0.670 e. The first-order valence-corrected chi connectivity index (χ1v) is 22.8. The van der Waals surface area contributed by atoms with Crippen LogP contribution in [0.15, 0.2) is 72.8 Å². The number of hydrogen-bond acceptors (Lipinski definition) is 9. The third kappa shape index (κ3) is 20.0. The summed E-state index contributed by atoms with van der Waals surface area (Å²) >= 11 is 2.25. The Morgan fingerprint density at radius 2 is 0.917 bits per heavy atom. The fourth-order valence-electron chi connectivity index (χ4n) is 8.53. The Kier molecular flexibility index (Phi) is 32.9. The number of nitrogens with zero attached hydrogens (tertiary/aromatic N) is 1. The molecule has 378 valence electrons. The van der Waals surface area contributed by atoms with E-state index in [4.69, 9.17) is 43.8 Å². The zero-order chi connectivity index (χ0) is 49.9. The number of halogens is 1. The first kappa shape index (κ1) is 72.9. The number of benzene rings is 4. The molecule has 1 fully saturated rings. The molecule has 9 rings (SSSR count). The van der Waals surface area contributed by atoms with E-state index in [1.165, 1.54) is 41.4 Å². The van der Waals surface area contributed by atoms with Gasteiger partial charge in [-0.15, -0.1) is 21.7 Å². The van der Waals surface area contributed by atoms with Gasteiger partial charge in [-0.1, -0.05) is 49.9 Å². The molecule has 4 amide bonds. The molecule has 7 N–H and O–H groups in total. The molecular formula is C54H63IN6O7Y4-8. The van der Waals surface area contributed by atoms with E-state index in [0.29, 0.717) is 62.6 Å². The van der Waals surface area contributed by atoms with E-state index >= 15 is 0 Å². The number of fused-ring (bicyclic) bond motifs is 4. The minimum absolute atomic E-state index is 0. The first-order valence-electron chi connectivity index (χ1n) is 21.7. The number of nitrogens with two attached hydrogens (primary N) is 1. The number of Topliss-reactive ketones (excluding diaryl/α,β-unsaturated/α-hetero) is 1. The number of carbonyl (C=O) groups excluding carboxylic acids is 5. The molecular weight excluding hydrogens is 1330 g/mol. The van der Waals surface area contributed by atoms with Crippen molar-refractivity contribution in [3.8, 4) is 6.07 Å². The third-order valence-electron chi connectivity index (χ3n) is 12.4. The molecule has 4 aromatic rings. The van der Waals surface area contributed by atoms with Crippen molar-refractivity contribution in [1.29, 1.82) is 5.26 Å². The number of nitriles is 1. The summed E-state index contributed by atoms with van der Waals surface area (Å²) in [4.78, 5) is 55.8. The van der Waals surface area contributed by atoms with Crippen LogP contribution in [0.3, 0.4) is 0 Å². The van der Waals surface area contributed by atoms with Crippen LogP contribution in [0.5, 0.6) is 0 Å². The molecule has 1 aliphatic heterocycles. The Bertz CT molecular complexity index is 2470. The van der Waals surface area contributed by atoms with Crippen LogP contribution in [0, 0.1) is 64.3 Å². The molecule has 18 heteroatoms. The van der Waals surface area contributed by atoms with E-state index in [1.807, 2.05) is 60.7 Å². The van der Waals surface area contributed by atoms with Crippen molar-refractivity contribution in [1.82, 2.24) is 0 Å². The molecule has 0 bridgehead atoms. The Morgan fingerprint density at radius 3 is 1.26 bits per heavy atom. The number of hydrogen-bond donors (Lipinski definition) is 2. The molecule has 4 radical (unpaired) electrons. The predicted octanol–water partition coefficient (Wildman–Crippen LogP) is 10.6. The molecule has 0 aromatic heterocycles. The van der Waals surface area contributed by atoms with Crippen molar-refractivity contribution >= 4 is 57.7 Å². The molecule has 72 heavy (non-hydrogen) atoms. The molecule has 0 spiro atoms. The molecule has 4 aliphatic carbocycles. The number of aliphatic hydroxyl groups excluding tert-OH is 1. The number of nitrogens with one attached hydrogen (secondary N) is 4. The Morgan fingerprint density at radius 1 is 0.597 bits per heavy atom. The summed E-state index contributed by atoms with van der Waals surface area (Å²) in [7, 11) is 0. The smallest absolute Gasteiger partial charge is 0.159 e. The van der Waals surface area contributed by atoms with Gasteiger partial charge in [0.15, 0.2) is 5.78 Å². The quantitative estimate of drug-likeness (QED) is 0.0804. The Balaban J connectivity index is 0. The van der Waals surface area contributed by atoms with Crippen LogP contribution in [0.25, 0.3) is 22.9 Å². The second kappa shape index (κ2) is 32.5. The van der Waals surface area contributed by atoms with Crippen LogP contribution in [-0.2, 0) is 213 Å². The van der Waals surface area contributed by atoms with Gasteiger partial charge in [-0.05, 0) is 174 Å². The molecule has 4 atom stereocenters. The van der Waals surface area contributed by atoms with Crippen molar-refractivity contribution in [3.05, 3.63) is 183 Å². The maximum absolute atomic E-state index is 11.2. The third-order valence-corrected chi connectivity index (χ3v) is 13.1. The zero-order valence-electron chi connectivity index (χ0n) is 40.6. The number of nitrogen functional groups attached to an aromatic ring is 1. The number of carbonyl (C=O) groups is 5. The van der Waals surface area contributed by atoms with E-state index in [1.54, 1.807) is 12.1 Å². The van der Waals surface area contributed by atoms with Crippen LogP contribution in [0.4, 0.5) is 5.69 Å². The fraction of sp³-hybridized carbons (Fsp3) is 0.370. The normalized spacial score (nSPS) is 21.4. The summed E-state index contributed by atoms with van der Waals surface area (Å²) in [5.74, 6) is -2.37. The molecule has 1 heterocycles. The average Bonchev–Trinajstić information content (AvgIpc) is 4.11. The van der Waals surface area contributed by atoms with Crippen LogP contribution < -0.4 is 5.73 Å². The van der Waals surface area contributed by atoms with Gasteiger partial charge in [0.1, 0.15) is 0 Å². The standard InChI is InChI=1S/C13H14NO2.C12H14NO2.C11H11INO.C11H13N2O.C4H8O.C2H3N.CH4.4Y/c1-8(15)9-3-4-10-6-13(2,12(14)16)7-11(10)5-9;1-12(11(13)15)5-9-3-2-8(7-14)4-10(9)6-12;2*1-11(10(13)14)5-7-2-3-9(12)4-8(7)6-11;1-2-4-5-3-1;1-2-3;;;;;/h3-5H,2,6-7H2,1H3,(H2,14,16);2-4,14H,1,5-7H2,(H2,13,15);2-4H,1,5-6H2,(H2,13,14);2-4H,1,5-6,12H2,(H2,13,14);1-4H2;1H3;1H4;;;;/q4*-1;;;;;;;/p-4. The average molecular weight is 1390 g/mol. The van der Waals surface area contributed by atoms with Gasteiger partial charge in [-0.25, -0.2) is 0 Å². The summed E-state index contributed by atoms with van der Waals surface area (Å²) in [6.07, 6.45) is 6.90. The number of aliphatic hydroxyl groups is 1.